The molecule has 0 spiro atoms. The number of ether oxygens (including phenoxy) is 2. The van der Waals surface area contributed by atoms with Gasteiger partial charge in [0.1, 0.15) is 18.1 Å². The minimum absolute atomic E-state index is 0.00582. The highest BCUT2D eigenvalue weighted by Gasteiger charge is 2.05. The SMILES string of the molecule is CCOc1cccc(OCCNC(=O)C(C)C)c1. The summed E-state index contributed by atoms with van der Waals surface area (Å²) in [5, 5.41) is 2.80. The lowest BCUT2D eigenvalue weighted by molar-refractivity contribution is -0.124. The van der Waals surface area contributed by atoms with Gasteiger partial charge < -0.3 is 14.8 Å². The Kier molecular flexibility index (Phi) is 6.05. The Bertz CT molecular complexity index is 377. The lowest BCUT2D eigenvalue weighted by Gasteiger charge is -2.10. The molecule has 4 heteroatoms. The van der Waals surface area contributed by atoms with Crippen LogP contribution in [0.15, 0.2) is 24.3 Å². The van der Waals surface area contributed by atoms with Crippen LogP contribution in [0.3, 0.4) is 0 Å². The summed E-state index contributed by atoms with van der Waals surface area (Å²) in [5.41, 5.74) is 0. The molecule has 0 saturated heterocycles. The maximum absolute atomic E-state index is 11.3. The third kappa shape index (κ3) is 5.08. The van der Waals surface area contributed by atoms with Crippen LogP contribution < -0.4 is 14.8 Å². The average Bonchev–Trinajstić information content (AvgIpc) is 2.35. The van der Waals surface area contributed by atoms with Crippen LogP contribution in [-0.2, 0) is 4.79 Å². The van der Waals surface area contributed by atoms with Gasteiger partial charge in [0.15, 0.2) is 0 Å². The molecular formula is C14H21NO3. The maximum Gasteiger partial charge on any atom is 0.222 e. The standard InChI is InChI=1S/C14H21NO3/c1-4-17-12-6-5-7-13(10-12)18-9-8-15-14(16)11(2)3/h5-7,10-11H,4,8-9H2,1-3H3,(H,15,16). The van der Waals surface area contributed by atoms with E-state index in [1.54, 1.807) is 0 Å². The molecular weight excluding hydrogens is 230 g/mol. The fraction of sp³-hybridized carbons (Fsp3) is 0.500. The molecule has 0 aliphatic rings. The number of rotatable bonds is 7. The van der Waals surface area contributed by atoms with Gasteiger partial charge in [-0.3, -0.25) is 4.79 Å². The molecule has 1 aromatic carbocycles. The van der Waals surface area contributed by atoms with Gasteiger partial charge in [-0.05, 0) is 19.1 Å². The molecule has 0 atom stereocenters. The highest BCUT2D eigenvalue weighted by atomic mass is 16.5. The van der Waals surface area contributed by atoms with Crippen molar-refractivity contribution in [3.8, 4) is 11.5 Å². The Morgan fingerprint density at radius 3 is 2.56 bits per heavy atom. The number of carbonyl (C=O) groups excluding carboxylic acids is 1. The third-order valence-corrected chi connectivity index (χ3v) is 2.31. The summed E-state index contributed by atoms with van der Waals surface area (Å²) in [4.78, 5) is 11.3. The molecule has 0 aliphatic carbocycles. The van der Waals surface area contributed by atoms with Gasteiger partial charge in [-0.1, -0.05) is 19.9 Å². The van der Waals surface area contributed by atoms with E-state index in [1.807, 2.05) is 45.0 Å². The summed E-state index contributed by atoms with van der Waals surface area (Å²) in [6.45, 7) is 7.26. The van der Waals surface area contributed by atoms with Gasteiger partial charge in [-0.2, -0.15) is 0 Å². The molecule has 1 N–H and O–H groups in total. The summed E-state index contributed by atoms with van der Waals surface area (Å²) in [6.07, 6.45) is 0. The van der Waals surface area contributed by atoms with Crippen molar-refractivity contribution in [2.24, 2.45) is 5.92 Å². The predicted molar refractivity (Wildman–Crippen MR) is 71.0 cm³/mol. The molecule has 1 aromatic rings. The van der Waals surface area contributed by atoms with Crippen LogP contribution in [0, 0.1) is 5.92 Å². The molecule has 0 saturated carbocycles. The molecule has 0 aliphatic heterocycles. The lowest BCUT2D eigenvalue weighted by atomic mass is 10.2. The Balaban J connectivity index is 2.30. The van der Waals surface area contributed by atoms with Crippen molar-refractivity contribution in [3.63, 3.8) is 0 Å². The zero-order chi connectivity index (χ0) is 13.4. The Morgan fingerprint density at radius 1 is 1.28 bits per heavy atom. The molecule has 4 nitrogen and oxygen atoms in total. The molecule has 0 aromatic heterocycles. The van der Waals surface area contributed by atoms with E-state index < -0.39 is 0 Å². The normalized spacial score (nSPS) is 10.2. The molecule has 1 amide bonds. The molecule has 0 bridgehead atoms. The highest BCUT2D eigenvalue weighted by molar-refractivity contribution is 5.77. The number of carbonyl (C=O) groups is 1. The van der Waals surface area contributed by atoms with Crippen LogP contribution in [0.4, 0.5) is 0 Å². The van der Waals surface area contributed by atoms with Gasteiger partial charge in [0.05, 0.1) is 13.2 Å². The minimum atomic E-state index is 0.00582. The van der Waals surface area contributed by atoms with Gasteiger partial charge in [-0.25, -0.2) is 0 Å². The van der Waals surface area contributed by atoms with E-state index in [0.29, 0.717) is 19.8 Å². The zero-order valence-electron chi connectivity index (χ0n) is 11.2. The lowest BCUT2D eigenvalue weighted by Crippen LogP contribution is -2.31. The third-order valence-electron chi connectivity index (χ3n) is 2.31. The topological polar surface area (TPSA) is 47.6 Å². The molecule has 0 heterocycles. The highest BCUT2D eigenvalue weighted by Crippen LogP contribution is 2.18. The van der Waals surface area contributed by atoms with Gasteiger partial charge in [0.2, 0.25) is 5.91 Å². The molecule has 18 heavy (non-hydrogen) atoms. The van der Waals surface area contributed by atoms with E-state index in [2.05, 4.69) is 5.32 Å². The number of hydrogen-bond acceptors (Lipinski definition) is 3. The molecule has 0 radical (unpaired) electrons. The largest absolute Gasteiger partial charge is 0.494 e. The first-order chi connectivity index (χ1) is 8.63. The number of amides is 1. The van der Waals surface area contributed by atoms with Crippen LogP contribution in [0.2, 0.25) is 0 Å². The number of benzene rings is 1. The summed E-state index contributed by atoms with van der Waals surface area (Å²) in [7, 11) is 0. The predicted octanol–water partition coefficient (Wildman–Crippen LogP) is 2.24. The van der Waals surface area contributed by atoms with E-state index in [0.717, 1.165) is 11.5 Å². The number of nitrogens with one attached hydrogen (secondary N) is 1. The molecule has 100 valence electrons. The first kappa shape index (κ1) is 14.4. The van der Waals surface area contributed by atoms with Crippen LogP contribution in [0.1, 0.15) is 20.8 Å². The summed E-state index contributed by atoms with van der Waals surface area (Å²) < 4.78 is 10.9. The van der Waals surface area contributed by atoms with E-state index in [9.17, 15) is 4.79 Å². The Morgan fingerprint density at radius 2 is 1.94 bits per heavy atom. The summed E-state index contributed by atoms with van der Waals surface area (Å²) in [6, 6.07) is 7.48. The first-order valence-corrected chi connectivity index (χ1v) is 6.27. The fourth-order valence-corrected chi connectivity index (χ4v) is 1.37. The van der Waals surface area contributed by atoms with E-state index in [4.69, 9.17) is 9.47 Å². The second-order valence-electron chi connectivity index (χ2n) is 4.20. The monoisotopic (exact) mass is 251 g/mol. The van der Waals surface area contributed by atoms with Crippen LogP contribution >= 0.6 is 0 Å². The van der Waals surface area contributed by atoms with Crippen molar-refractivity contribution >= 4 is 5.91 Å². The maximum atomic E-state index is 11.3. The minimum Gasteiger partial charge on any atom is -0.494 e. The Labute approximate surface area is 108 Å². The zero-order valence-corrected chi connectivity index (χ0v) is 11.2. The molecule has 0 unspecified atom stereocenters. The van der Waals surface area contributed by atoms with E-state index in [1.165, 1.54) is 0 Å². The second kappa shape index (κ2) is 7.58. The van der Waals surface area contributed by atoms with E-state index >= 15 is 0 Å². The first-order valence-electron chi connectivity index (χ1n) is 6.27. The second-order valence-corrected chi connectivity index (χ2v) is 4.20. The van der Waals surface area contributed by atoms with Crippen LogP contribution in [-0.4, -0.2) is 25.7 Å². The van der Waals surface area contributed by atoms with Gasteiger partial charge in [-0.15, -0.1) is 0 Å². The van der Waals surface area contributed by atoms with Crippen molar-refractivity contribution in [1.29, 1.82) is 0 Å². The molecule has 1 rings (SSSR count). The van der Waals surface area contributed by atoms with Gasteiger partial charge in [0, 0.05) is 12.0 Å². The van der Waals surface area contributed by atoms with Gasteiger partial charge in [0.25, 0.3) is 0 Å². The van der Waals surface area contributed by atoms with Crippen LogP contribution in [0.5, 0.6) is 11.5 Å². The smallest absolute Gasteiger partial charge is 0.222 e. The van der Waals surface area contributed by atoms with Crippen molar-refractivity contribution in [2.75, 3.05) is 19.8 Å². The summed E-state index contributed by atoms with van der Waals surface area (Å²) >= 11 is 0. The van der Waals surface area contributed by atoms with Crippen molar-refractivity contribution in [1.82, 2.24) is 5.32 Å². The Hall–Kier alpha value is -1.71. The van der Waals surface area contributed by atoms with Crippen molar-refractivity contribution in [3.05, 3.63) is 24.3 Å². The number of hydrogen-bond donors (Lipinski definition) is 1. The van der Waals surface area contributed by atoms with E-state index in [-0.39, 0.29) is 11.8 Å². The van der Waals surface area contributed by atoms with Crippen molar-refractivity contribution in [2.45, 2.75) is 20.8 Å². The average molecular weight is 251 g/mol. The van der Waals surface area contributed by atoms with Gasteiger partial charge >= 0.3 is 0 Å². The summed E-state index contributed by atoms with van der Waals surface area (Å²) in [5.74, 6) is 1.59. The van der Waals surface area contributed by atoms with Crippen LogP contribution in [0.25, 0.3) is 0 Å². The quantitative estimate of drug-likeness (QED) is 0.756. The fourth-order valence-electron chi connectivity index (χ4n) is 1.37. The van der Waals surface area contributed by atoms with Crippen molar-refractivity contribution < 1.29 is 14.3 Å². The molecule has 0 fully saturated rings.